The molecule has 1 aromatic heterocycles. The van der Waals surface area contributed by atoms with Gasteiger partial charge in [-0.3, -0.25) is 4.84 Å². The van der Waals surface area contributed by atoms with E-state index in [9.17, 15) is 8.42 Å². The molecule has 3 atom stereocenters. The average Bonchev–Trinajstić information content (AvgIpc) is 2.94. The molecule has 0 aromatic carbocycles. The van der Waals surface area contributed by atoms with E-state index in [-0.39, 0.29) is 18.7 Å². The van der Waals surface area contributed by atoms with Crippen LogP contribution in [0.4, 0.5) is 0 Å². The van der Waals surface area contributed by atoms with Crippen LogP contribution in [0.2, 0.25) is 0 Å². The molecular formula is C13H22N2O3S2. The van der Waals surface area contributed by atoms with Gasteiger partial charge in [-0.2, -0.15) is 5.06 Å². The molecule has 0 amide bonds. The smallest absolute Gasteiger partial charge is 0.219 e. The van der Waals surface area contributed by atoms with Crippen LogP contribution in [-0.2, 0) is 14.9 Å². The number of nitrogens with zero attached hydrogens (tertiary/aromatic N) is 1. The van der Waals surface area contributed by atoms with Crippen molar-refractivity contribution in [2.24, 2.45) is 0 Å². The molecule has 3 unspecified atom stereocenters. The predicted octanol–water partition coefficient (Wildman–Crippen LogP) is 2.06. The van der Waals surface area contributed by atoms with Crippen molar-refractivity contribution in [1.82, 2.24) is 9.79 Å². The fraction of sp³-hybridized carbons (Fsp3) is 0.692. The third-order valence-corrected chi connectivity index (χ3v) is 6.61. The van der Waals surface area contributed by atoms with Gasteiger partial charge in [0.05, 0.1) is 12.6 Å². The molecule has 1 N–H and O–H groups in total. The molecule has 2 rings (SSSR count). The van der Waals surface area contributed by atoms with Crippen LogP contribution in [0.5, 0.6) is 0 Å². The number of thiophene rings is 1. The Morgan fingerprint density at radius 3 is 2.80 bits per heavy atom. The van der Waals surface area contributed by atoms with Gasteiger partial charge in [-0.1, -0.05) is 6.92 Å². The zero-order valence-corrected chi connectivity index (χ0v) is 13.9. The predicted molar refractivity (Wildman–Crippen MR) is 81.1 cm³/mol. The third-order valence-electron chi connectivity index (χ3n) is 3.62. The van der Waals surface area contributed by atoms with Gasteiger partial charge in [0.1, 0.15) is 5.25 Å². The standard InChI is InChI=1S/C13H22N2O3S2/c1-5-9(2)14-20(16,17)12-8-18-15(4)13(12)11-7-6-10(3)19-11/h6-7,9,12-14H,5,8H2,1-4H3. The quantitative estimate of drug-likeness (QED) is 0.903. The highest BCUT2D eigenvalue weighted by Gasteiger charge is 2.44. The van der Waals surface area contributed by atoms with E-state index in [4.69, 9.17) is 4.84 Å². The van der Waals surface area contributed by atoms with Crippen molar-refractivity contribution in [3.8, 4) is 0 Å². The molecule has 0 radical (unpaired) electrons. The molecule has 5 nitrogen and oxygen atoms in total. The molecule has 0 bridgehead atoms. The third kappa shape index (κ3) is 3.23. The Morgan fingerprint density at radius 2 is 2.25 bits per heavy atom. The number of sulfonamides is 1. The van der Waals surface area contributed by atoms with Gasteiger partial charge in [-0.05, 0) is 32.4 Å². The molecule has 2 heterocycles. The summed E-state index contributed by atoms with van der Waals surface area (Å²) in [5, 5.41) is 1.09. The molecule has 1 aromatic rings. The minimum atomic E-state index is -3.40. The minimum absolute atomic E-state index is 0.0587. The summed E-state index contributed by atoms with van der Waals surface area (Å²) >= 11 is 1.62. The van der Waals surface area contributed by atoms with Crippen LogP contribution in [0.1, 0.15) is 36.1 Å². The van der Waals surface area contributed by atoms with E-state index in [1.54, 1.807) is 23.4 Å². The molecule has 1 saturated heterocycles. The molecule has 1 aliphatic rings. The Balaban J connectivity index is 2.26. The highest BCUT2D eigenvalue weighted by molar-refractivity contribution is 7.90. The molecule has 7 heteroatoms. The first-order valence-corrected chi connectivity index (χ1v) is 9.14. The van der Waals surface area contributed by atoms with Crippen molar-refractivity contribution in [2.45, 2.75) is 44.5 Å². The van der Waals surface area contributed by atoms with Crippen LogP contribution in [0.25, 0.3) is 0 Å². The normalized spacial score (nSPS) is 26.0. The molecule has 20 heavy (non-hydrogen) atoms. The Morgan fingerprint density at radius 1 is 1.55 bits per heavy atom. The number of hydrogen-bond acceptors (Lipinski definition) is 5. The SMILES string of the molecule is CCC(C)NS(=O)(=O)C1CON(C)C1c1ccc(C)s1. The first-order chi connectivity index (χ1) is 9.35. The highest BCUT2D eigenvalue weighted by atomic mass is 32.2. The van der Waals surface area contributed by atoms with E-state index in [2.05, 4.69) is 4.72 Å². The maximum Gasteiger partial charge on any atom is 0.219 e. The highest BCUT2D eigenvalue weighted by Crippen LogP contribution is 2.36. The fourth-order valence-electron chi connectivity index (χ4n) is 2.28. The van der Waals surface area contributed by atoms with Crippen LogP contribution >= 0.6 is 11.3 Å². The summed E-state index contributed by atoms with van der Waals surface area (Å²) in [7, 11) is -1.61. The minimum Gasteiger partial charge on any atom is -0.297 e. The van der Waals surface area contributed by atoms with Crippen molar-refractivity contribution < 1.29 is 13.3 Å². The van der Waals surface area contributed by atoms with Gasteiger partial charge in [-0.25, -0.2) is 13.1 Å². The summed E-state index contributed by atoms with van der Waals surface area (Å²) in [5.74, 6) is 0. The Hall–Kier alpha value is -0.470. The number of aryl methyl sites for hydroxylation is 1. The largest absolute Gasteiger partial charge is 0.297 e. The van der Waals surface area contributed by atoms with Crippen LogP contribution in [-0.4, -0.2) is 38.4 Å². The lowest BCUT2D eigenvalue weighted by Gasteiger charge is -2.23. The molecule has 1 fully saturated rings. The molecule has 0 saturated carbocycles. The summed E-state index contributed by atoms with van der Waals surface area (Å²) in [4.78, 5) is 7.67. The second-order valence-electron chi connectivity index (χ2n) is 5.25. The van der Waals surface area contributed by atoms with E-state index >= 15 is 0 Å². The van der Waals surface area contributed by atoms with E-state index in [0.717, 1.165) is 11.3 Å². The number of hydroxylamine groups is 2. The van der Waals surface area contributed by atoms with E-state index in [1.807, 2.05) is 32.9 Å². The second-order valence-corrected chi connectivity index (χ2v) is 8.50. The van der Waals surface area contributed by atoms with E-state index < -0.39 is 15.3 Å². The van der Waals surface area contributed by atoms with Gasteiger partial charge in [0, 0.05) is 22.8 Å². The summed E-state index contributed by atoms with van der Waals surface area (Å²) < 4.78 is 27.8. The first-order valence-electron chi connectivity index (χ1n) is 6.78. The van der Waals surface area contributed by atoms with Crippen LogP contribution in [0.3, 0.4) is 0 Å². The van der Waals surface area contributed by atoms with Crippen LogP contribution < -0.4 is 4.72 Å². The number of rotatable bonds is 5. The van der Waals surface area contributed by atoms with Crippen molar-refractivity contribution in [3.05, 3.63) is 21.9 Å². The van der Waals surface area contributed by atoms with Gasteiger partial charge in [0.15, 0.2) is 0 Å². The molecule has 1 aliphatic heterocycles. The van der Waals surface area contributed by atoms with Crippen molar-refractivity contribution in [2.75, 3.05) is 13.7 Å². The Kier molecular flexibility index (Phi) is 4.86. The van der Waals surface area contributed by atoms with E-state index in [0.29, 0.717) is 0 Å². The summed E-state index contributed by atoms with van der Waals surface area (Å²) in [6, 6.07) is 3.70. The van der Waals surface area contributed by atoms with Crippen LogP contribution in [0, 0.1) is 6.92 Å². The van der Waals surface area contributed by atoms with Gasteiger partial charge < -0.3 is 0 Å². The zero-order valence-electron chi connectivity index (χ0n) is 12.3. The molecule has 0 aliphatic carbocycles. The van der Waals surface area contributed by atoms with Crippen molar-refractivity contribution in [3.63, 3.8) is 0 Å². The fourth-order valence-corrected chi connectivity index (χ4v) is 5.25. The van der Waals surface area contributed by atoms with Gasteiger partial charge in [0.2, 0.25) is 10.0 Å². The molecular weight excluding hydrogens is 296 g/mol. The average molecular weight is 318 g/mol. The zero-order chi connectivity index (χ0) is 14.9. The lowest BCUT2D eigenvalue weighted by Crippen LogP contribution is -2.42. The maximum absolute atomic E-state index is 12.5. The van der Waals surface area contributed by atoms with Crippen molar-refractivity contribution in [1.29, 1.82) is 0 Å². The monoisotopic (exact) mass is 318 g/mol. The van der Waals surface area contributed by atoms with Gasteiger partial charge in [-0.15, -0.1) is 11.3 Å². The van der Waals surface area contributed by atoms with Crippen molar-refractivity contribution >= 4 is 21.4 Å². The first kappa shape index (κ1) is 15.9. The molecule has 114 valence electrons. The maximum atomic E-state index is 12.5. The lowest BCUT2D eigenvalue weighted by atomic mass is 10.2. The molecule has 0 spiro atoms. The number of hydrogen-bond donors (Lipinski definition) is 1. The summed E-state index contributed by atoms with van der Waals surface area (Å²) in [6.07, 6.45) is 0.769. The van der Waals surface area contributed by atoms with Gasteiger partial charge >= 0.3 is 0 Å². The summed E-state index contributed by atoms with van der Waals surface area (Å²) in [6.45, 7) is 6.06. The lowest BCUT2D eigenvalue weighted by molar-refractivity contribution is -0.110. The summed E-state index contributed by atoms with van der Waals surface area (Å²) in [5.41, 5.74) is 0. The second kappa shape index (κ2) is 6.11. The Labute approximate surface area is 124 Å². The number of nitrogens with one attached hydrogen (secondary N) is 1. The van der Waals surface area contributed by atoms with E-state index in [1.165, 1.54) is 4.88 Å². The Bertz CT molecular complexity index is 556. The van der Waals surface area contributed by atoms with Gasteiger partial charge in [0.25, 0.3) is 0 Å². The topological polar surface area (TPSA) is 58.6 Å². The van der Waals surface area contributed by atoms with Crippen LogP contribution in [0.15, 0.2) is 12.1 Å².